The summed E-state index contributed by atoms with van der Waals surface area (Å²) in [6.07, 6.45) is 3.21. The molecule has 0 radical (unpaired) electrons. The van der Waals surface area contributed by atoms with Crippen molar-refractivity contribution in [3.8, 4) is 0 Å². The third-order valence-electron chi connectivity index (χ3n) is 3.56. The van der Waals surface area contributed by atoms with Gasteiger partial charge in [-0.05, 0) is 44.8 Å². The summed E-state index contributed by atoms with van der Waals surface area (Å²) in [6, 6.07) is 0. The van der Waals surface area contributed by atoms with Gasteiger partial charge in [-0.3, -0.25) is 0 Å². The van der Waals surface area contributed by atoms with Gasteiger partial charge in [-0.15, -0.1) is 0 Å². The largest absolute Gasteiger partial charge is 0.392 e. The van der Waals surface area contributed by atoms with Crippen LogP contribution in [0.1, 0.15) is 26.2 Å². The topological polar surface area (TPSA) is 44.7 Å². The summed E-state index contributed by atoms with van der Waals surface area (Å²) in [5.41, 5.74) is 0. The summed E-state index contributed by atoms with van der Waals surface area (Å²) < 4.78 is 5.01. The summed E-state index contributed by atoms with van der Waals surface area (Å²) in [6.45, 7) is 8.00. The zero-order valence-electron chi connectivity index (χ0n) is 11.3. The maximum absolute atomic E-state index is 9.61. The van der Waals surface area contributed by atoms with Gasteiger partial charge in [0.25, 0.3) is 0 Å². The third kappa shape index (κ3) is 6.36. The van der Waals surface area contributed by atoms with E-state index in [-0.39, 0.29) is 6.10 Å². The maximum atomic E-state index is 9.61. The second-order valence-corrected chi connectivity index (χ2v) is 5.00. The van der Waals surface area contributed by atoms with Gasteiger partial charge in [0, 0.05) is 20.2 Å². The lowest BCUT2D eigenvalue weighted by Gasteiger charge is -2.33. The van der Waals surface area contributed by atoms with E-state index in [4.69, 9.17) is 4.74 Å². The number of likely N-dealkylation sites (tertiary alicyclic amines) is 1. The van der Waals surface area contributed by atoms with Crippen LogP contribution in [0.5, 0.6) is 0 Å². The molecule has 1 unspecified atom stereocenters. The minimum absolute atomic E-state index is 0.147. The molecule has 0 aromatic rings. The fourth-order valence-corrected chi connectivity index (χ4v) is 2.28. The second kappa shape index (κ2) is 8.86. The number of rotatable bonds is 8. The number of aliphatic hydroxyl groups is 1. The average Bonchev–Trinajstić information content (AvgIpc) is 2.36. The highest BCUT2D eigenvalue weighted by Crippen LogP contribution is 2.16. The van der Waals surface area contributed by atoms with Crippen LogP contribution in [0.2, 0.25) is 0 Å². The number of piperidine rings is 1. The van der Waals surface area contributed by atoms with E-state index >= 15 is 0 Å². The molecule has 0 aromatic carbocycles. The first kappa shape index (κ1) is 14.9. The van der Waals surface area contributed by atoms with Crippen LogP contribution in [0, 0.1) is 5.92 Å². The van der Waals surface area contributed by atoms with Crippen molar-refractivity contribution >= 4 is 0 Å². The van der Waals surface area contributed by atoms with Crippen LogP contribution in [0.3, 0.4) is 0 Å². The standard InChI is InChI=1S/C13H28N2O2/c1-3-13(16)11-15-7-4-12(5-8-15)10-14-6-9-17-2/h12-14,16H,3-11H2,1-2H3. The number of nitrogens with zero attached hydrogens (tertiary/aromatic N) is 1. The molecule has 0 aromatic heterocycles. The first-order chi connectivity index (χ1) is 8.26. The van der Waals surface area contributed by atoms with Crippen molar-refractivity contribution in [3.05, 3.63) is 0 Å². The van der Waals surface area contributed by atoms with Crippen molar-refractivity contribution in [1.29, 1.82) is 0 Å². The molecule has 4 nitrogen and oxygen atoms in total. The molecular weight excluding hydrogens is 216 g/mol. The molecule has 1 aliphatic heterocycles. The zero-order chi connectivity index (χ0) is 12.5. The smallest absolute Gasteiger partial charge is 0.0664 e. The highest BCUT2D eigenvalue weighted by molar-refractivity contribution is 4.75. The van der Waals surface area contributed by atoms with Crippen LogP contribution in [0.25, 0.3) is 0 Å². The maximum Gasteiger partial charge on any atom is 0.0664 e. The highest BCUT2D eigenvalue weighted by Gasteiger charge is 2.19. The Labute approximate surface area is 105 Å². The van der Waals surface area contributed by atoms with Gasteiger partial charge in [0.05, 0.1) is 12.7 Å². The summed E-state index contributed by atoms with van der Waals surface area (Å²) in [4.78, 5) is 2.39. The number of β-amino-alcohol motifs (C(OH)–C–C–N with tert-alkyl or cyclic N) is 1. The number of aliphatic hydroxyl groups excluding tert-OH is 1. The number of nitrogens with one attached hydrogen (secondary N) is 1. The molecule has 0 amide bonds. The summed E-state index contributed by atoms with van der Waals surface area (Å²) in [7, 11) is 1.74. The first-order valence-corrected chi connectivity index (χ1v) is 6.86. The normalized spacial score (nSPS) is 20.6. The zero-order valence-corrected chi connectivity index (χ0v) is 11.3. The van der Waals surface area contributed by atoms with E-state index in [0.717, 1.165) is 51.7 Å². The van der Waals surface area contributed by atoms with Gasteiger partial charge in [-0.2, -0.15) is 0 Å². The summed E-state index contributed by atoms with van der Waals surface area (Å²) in [5.74, 6) is 0.793. The molecule has 4 heteroatoms. The Morgan fingerprint density at radius 1 is 1.41 bits per heavy atom. The van der Waals surface area contributed by atoms with Gasteiger partial charge >= 0.3 is 0 Å². The van der Waals surface area contributed by atoms with Gasteiger partial charge < -0.3 is 20.1 Å². The van der Waals surface area contributed by atoms with Crippen LogP contribution >= 0.6 is 0 Å². The Morgan fingerprint density at radius 3 is 2.71 bits per heavy atom. The van der Waals surface area contributed by atoms with Crippen LogP contribution in [-0.2, 0) is 4.74 Å². The van der Waals surface area contributed by atoms with E-state index in [9.17, 15) is 5.11 Å². The molecule has 1 heterocycles. The molecule has 17 heavy (non-hydrogen) atoms. The lowest BCUT2D eigenvalue weighted by atomic mass is 9.96. The van der Waals surface area contributed by atoms with E-state index in [2.05, 4.69) is 10.2 Å². The quantitative estimate of drug-likeness (QED) is 0.617. The van der Waals surface area contributed by atoms with Crippen LogP contribution in [0.4, 0.5) is 0 Å². The fourth-order valence-electron chi connectivity index (χ4n) is 2.28. The van der Waals surface area contributed by atoms with E-state index in [1.54, 1.807) is 7.11 Å². The molecule has 0 aliphatic carbocycles. The Hall–Kier alpha value is -0.160. The molecule has 1 aliphatic rings. The highest BCUT2D eigenvalue weighted by atomic mass is 16.5. The fraction of sp³-hybridized carbons (Fsp3) is 1.00. The van der Waals surface area contributed by atoms with Gasteiger partial charge in [0.1, 0.15) is 0 Å². The van der Waals surface area contributed by atoms with E-state index < -0.39 is 0 Å². The average molecular weight is 244 g/mol. The molecule has 102 valence electrons. The molecular formula is C13H28N2O2. The molecule has 1 atom stereocenters. The number of hydrogen-bond acceptors (Lipinski definition) is 4. The Morgan fingerprint density at radius 2 is 2.12 bits per heavy atom. The predicted molar refractivity (Wildman–Crippen MR) is 70.2 cm³/mol. The van der Waals surface area contributed by atoms with Gasteiger partial charge in [-0.1, -0.05) is 6.92 Å². The van der Waals surface area contributed by atoms with E-state index in [1.807, 2.05) is 6.92 Å². The van der Waals surface area contributed by atoms with Gasteiger partial charge in [0.15, 0.2) is 0 Å². The Kier molecular flexibility index (Phi) is 7.77. The van der Waals surface area contributed by atoms with E-state index in [0.29, 0.717) is 0 Å². The summed E-state index contributed by atoms with van der Waals surface area (Å²) >= 11 is 0. The van der Waals surface area contributed by atoms with Crippen molar-refractivity contribution < 1.29 is 9.84 Å². The van der Waals surface area contributed by atoms with Crippen molar-refractivity contribution in [1.82, 2.24) is 10.2 Å². The molecule has 0 spiro atoms. The lowest BCUT2D eigenvalue weighted by Crippen LogP contribution is -2.41. The molecule has 2 N–H and O–H groups in total. The number of ether oxygens (including phenoxy) is 1. The SMILES string of the molecule is CCC(O)CN1CCC(CNCCOC)CC1. The third-order valence-corrected chi connectivity index (χ3v) is 3.56. The summed E-state index contributed by atoms with van der Waals surface area (Å²) in [5, 5.41) is 13.0. The monoisotopic (exact) mass is 244 g/mol. The second-order valence-electron chi connectivity index (χ2n) is 5.00. The Balaban J connectivity index is 2.05. The molecule has 1 rings (SSSR count). The molecule has 1 fully saturated rings. The number of hydrogen-bond donors (Lipinski definition) is 2. The van der Waals surface area contributed by atoms with Gasteiger partial charge in [-0.25, -0.2) is 0 Å². The first-order valence-electron chi connectivity index (χ1n) is 6.86. The van der Waals surface area contributed by atoms with Crippen LogP contribution < -0.4 is 5.32 Å². The van der Waals surface area contributed by atoms with E-state index in [1.165, 1.54) is 12.8 Å². The van der Waals surface area contributed by atoms with Gasteiger partial charge in [0.2, 0.25) is 0 Å². The molecule has 0 saturated carbocycles. The van der Waals surface area contributed by atoms with Crippen molar-refractivity contribution in [3.63, 3.8) is 0 Å². The Bertz CT molecular complexity index is 182. The minimum atomic E-state index is -0.147. The molecule has 0 bridgehead atoms. The lowest BCUT2D eigenvalue weighted by molar-refractivity contribution is 0.0864. The minimum Gasteiger partial charge on any atom is -0.392 e. The molecule has 1 saturated heterocycles. The van der Waals surface area contributed by atoms with Crippen molar-refractivity contribution in [2.24, 2.45) is 5.92 Å². The van der Waals surface area contributed by atoms with Crippen LogP contribution in [-0.4, -0.2) is 62.6 Å². The van der Waals surface area contributed by atoms with Crippen LogP contribution in [0.15, 0.2) is 0 Å². The predicted octanol–water partition coefficient (Wildman–Crippen LogP) is 0.705. The van der Waals surface area contributed by atoms with Crippen molar-refractivity contribution in [2.75, 3.05) is 46.4 Å². The number of methoxy groups -OCH3 is 1. The van der Waals surface area contributed by atoms with Crippen molar-refractivity contribution in [2.45, 2.75) is 32.3 Å².